The fourth-order valence-corrected chi connectivity index (χ4v) is 5.27. The molecule has 5 atom stereocenters. The molecule has 0 bridgehead atoms. The van der Waals surface area contributed by atoms with Crippen molar-refractivity contribution in [3.8, 4) is 0 Å². The summed E-state index contributed by atoms with van der Waals surface area (Å²) in [6.07, 6.45) is -2.59. The second-order valence-electron chi connectivity index (χ2n) is 8.62. The molecule has 0 aliphatic carbocycles. The van der Waals surface area contributed by atoms with Crippen molar-refractivity contribution in [1.29, 1.82) is 0 Å². The molecule has 0 saturated carbocycles. The van der Waals surface area contributed by atoms with Crippen LogP contribution in [-0.4, -0.2) is 63.7 Å². The summed E-state index contributed by atoms with van der Waals surface area (Å²) in [6.45, 7) is -0.0307. The van der Waals surface area contributed by atoms with Crippen molar-refractivity contribution in [3.05, 3.63) is 108 Å². The van der Waals surface area contributed by atoms with Gasteiger partial charge in [0.25, 0.3) is 0 Å². The summed E-state index contributed by atoms with van der Waals surface area (Å²) in [5, 5.41) is 0. The Morgan fingerprint density at radius 1 is 0.806 bits per heavy atom. The first-order valence-corrected chi connectivity index (χ1v) is 12.1. The van der Waals surface area contributed by atoms with Crippen LogP contribution in [0.15, 0.2) is 91.0 Å². The van der Waals surface area contributed by atoms with Gasteiger partial charge >= 0.3 is 0 Å². The van der Waals surface area contributed by atoms with Crippen LogP contribution in [0.3, 0.4) is 0 Å². The molecule has 0 spiro atoms. The van der Waals surface area contributed by atoms with Crippen molar-refractivity contribution in [1.82, 2.24) is 0 Å². The maximum Gasteiger partial charge on any atom is 0.186 e. The van der Waals surface area contributed by atoms with Gasteiger partial charge in [0.1, 0.15) is 30.2 Å². The Morgan fingerprint density at radius 3 is 1.64 bits per heavy atom. The molecule has 190 valence electrons. The van der Waals surface area contributed by atoms with E-state index in [1.54, 1.807) is 0 Å². The number of ether oxygens (including phenoxy) is 5. The van der Waals surface area contributed by atoms with Crippen LogP contribution in [0.5, 0.6) is 0 Å². The Hall–Kier alpha value is -2.58. The average Bonchev–Trinajstić information content (AvgIpc) is 2.95. The molecule has 3 aromatic rings. The minimum atomic E-state index is -1.57. The van der Waals surface area contributed by atoms with Crippen LogP contribution in [0.1, 0.15) is 16.7 Å². The van der Waals surface area contributed by atoms with Gasteiger partial charge in [-0.3, -0.25) is 0 Å². The molecule has 0 N–H and O–H groups in total. The van der Waals surface area contributed by atoms with Crippen LogP contribution in [0.2, 0.25) is 0 Å². The van der Waals surface area contributed by atoms with Crippen molar-refractivity contribution in [2.24, 2.45) is 0 Å². The molecule has 7 heteroatoms. The highest BCUT2D eigenvalue weighted by Gasteiger charge is 2.57. The Kier molecular flexibility index (Phi) is 8.57. The van der Waals surface area contributed by atoms with E-state index in [2.05, 4.69) is 0 Å². The molecule has 1 fully saturated rings. The maximum absolute atomic E-state index is 12.4. The Bertz CT molecular complexity index is 1000. The Labute approximate surface area is 217 Å². The minimum absolute atomic E-state index is 0.0307. The minimum Gasteiger partial charge on any atom is -0.376 e. The van der Waals surface area contributed by atoms with Crippen LogP contribution in [-0.2, 0) is 34.1 Å². The average molecular weight is 511 g/mol. The molecule has 1 heterocycles. The van der Waals surface area contributed by atoms with Gasteiger partial charge < -0.3 is 28.5 Å². The van der Waals surface area contributed by atoms with E-state index in [1.165, 1.54) is 21.3 Å². The zero-order valence-corrected chi connectivity index (χ0v) is 21.3. The van der Waals surface area contributed by atoms with E-state index in [0.717, 1.165) is 16.7 Å². The molecule has 0 amide bonds. The fourth-order valence-electron chi connectivity index (χ4n) is 4.94. The van der Waals surface area contributed by atoms with E-state index in [9.17, 15) is 4.79 Å². The summed E-state index contributed by atoms with van der Waals surface area (Å²) in [5.74, 6) is 0. The third-order valence-corrected chi connectivity index (χ3v) is 7.27. The standard InChI is InChI=1S/C29H31ClO6/c1-32-25-26(33-2)28(30,20-31)24(36-27(25)34-3)19-35-29(21-13-7-4-8-14-21,22-15-9-5-10-16-22)23-17-11-6-12-18-23/h4-18,20,24-27H,19H2,1-3H3/t24-,25-,26-,27+,28+/m1/s1. The molecule has 0 unspecified atom stereocenters. The highest BCUT2D eigenvalue weighted by Crippen LogP contribution is 2.43. The van der Waals surface area contributed by atoms with Gasteiger partial charge in [0.05, 0.1) is 6.61 Å². The van der Waals surface area contributed by atoms with Crippen LogP contribution < -0.4 is 0 Å². The summed E-state index contributed by atoms with van der Waals surface area (Å²) in [7, 11) is 4.48. The number of carbonyl (C=O) groups is 1. The number of aldehydes is 1. The van der Waals surface area contributed by atoms with Gasteiger partial charge in [0.2, 0.25) is 0 Å². The Balaban J connectivity index is 1.81. The first-order chi connectivity index (χ1) is 17.5. The predicted octanol–water partition coefficient (Wildman–Crippen LogP) is 4.57. The fraction of sp³-hybridized carbons (Fsp3) is 0.345. The van der Waals surface area contributed by atoms with Crippen molar-refractivity contribution in [2.45, 2.75) is 35.1 Å². The normalized spacial score (nSPS) is 26.4. The van der Waals surface area contributed by atoms with Crippen molar-refractivity contribution in [3.63, 3.8) is 0 Å². The van der Waals surface area contributed by atoms with Crippen molar-refractivity contribution < 1.29 is 28.5 Å². The SMILES string of the molecule is CO[C@H]1O[C@H](COC(c2ccccc2)(c2ccccc2)c2ccccc2)[C@@](Cl)(C=O)[C@H](OC)[C@H]1OC. The molecular formula is C29H31ClO6. The van der Waals surface area contributed by atoms with E-state index < -0.39 is 35.1 Å². The third kappa shape index (κ3) is 4.73. The van der Waals surface area contributed by atoms with Gasteiger partial charge in [-0.15, -0.1) is 11.6 Å². The van der Waals surface area contributed by atoms with Crippen molar-refractivity contribution in [2.75, 3.05) is 27.9 Å². The van der Waals surface area contributed by atoms with Gasteiger partial charge in [-0.1, -0.05) is 91.0 Å². The number of halogens is 1. The zero-order valence-electron chi connectivity index (χ0n) is 20.6. The maximum atomic E-state index is 12.4. The lowest BCUT2D eigenvalue weighted by Gasteiger charge is -2.48. The van der Waals surface area contributed by atoms with Gasteiger partial charge in [0.15, 0.2) is 11.2 Å². The summed E-state index contributed by atoms with van der Waals surface area (Å²) < 4.78 is 29.7. The molecule has 0 aromatic heterocycles. The molecule has 36 heavy (non-hydrogen) atoms. The highest BCUT2D eigenvalue weighted by molar-refractivity contribution is 6.32. The summed E-state index contributed by atoms with van der Waals surface area (Å²) in [5.41, 5.74) is 1.76. The molecule has 3 aromatic carbocycles. The van der Waals surface area contributed by atoms with Crippen LogP contribution in [0.4, 0.5) is 0 Å². The van der Waals surface area contributed by atoms with Gasteiger partial charge in [-0.05, 0) is 16.7 Å². The van der Waals surface area contributed by atoms with Crippen molar-refractivity contribution >= 4 is 17.9 Å². The van der Waals surface area contributed by atoms with Gasteiger partial charge in [-0.25, -0.2) is 0 Å². The number of rotatable bonds is 10. The van der Waals surface area contributed by atoms with Gasteiger partial charge in [-0.2, -0.15) is 0 Å². The number of alkyl halides is 1. The molecule has 0 radical (unpaired) electrons. The smallest absolute Gasteiger partial charge is 0.186 e. The number of methoxy groups -OCH3 is 3. The van der Waals surface area contributed by atoms with Gasteiger partial charge in [0, 0.05) is 21.3 Å². The molecular weight excluding hydrogens is 480 g/mol. The van der Waals surface area contributed by atoms with Crippen LogP contribution in [0, 0.1) is 0 Å². The summed E-state index contributed by atoms with van der Waals surface area (Å²) >= 11 is 6.92. The topological polar surface area (TPSA) is 63.2 Å². The molecule has 1 aliphatic heterocycles. The summed E-state index contributed by atoms with van der Waals surface area (Å²) in [6, 6.07) is 29.8. The first-order valence-electron chi connectivity index (χ1n) is 11.7. The largest absolute Gasteiger partial charge is 0.376 e. The second-order valence-corrected chi connectivity index (χ2v) is 9.28. The highest BCUT2D eigenvalue weighted by atomic mass is 35.5. The zero-order chi connectivity index (χ0) is 25.6. The van der Waals surface area contributed by atoms with Crippen LogP contribution >= 0.6 is 11.6 Å². The quantitative estimate of drug-likeness (QED) is 0.226. The number of carbonyl (C=O) groups excluding carboxylic acids is 1. The monoisotopic (exact) mass is 510 g/mol. The van der Waals surface area contributed by atoms with E-state index >= 15 is 0 Å². The van der Waals surface area contributed by atoms with E-state index in [1.807, 2.05) is 91.0 Å². The third-order valence-electron chi connectivity index (χ3n) is 6.73. The van der Waals surface area contributed by atoms with E-state index in [0.29, 0.717) is 6.29 Å². The van der Waals surface area contributed by atoms with E-state index in [-0.39, 0.29) is 6.61 Å². The lowest BCUT2D eigenvalue weighted by atomic mass is 9.80. The molecule has 1 saturated heterocycles. The number of benzene rings is 3. The second kappa shape index (κ2) is 11.6. The van der Waals surface area contributed by atoms with Crippen LogP contribution in [0.25, 0.3) is 0 Å². The lowest BCUT2D eigenvalue weighted by Crippen LogP contribution is -2.66. The Morgan fingerprint density at radius 2 is 1.28 bits per heavy atom. The number of hydrogen-bond donors (Lipinski definition) is 0. The predicted molar refractivity (Wildman–Crippen MR) is 137 cm³/mol. The lowest BCUT2D eigenvalue weighted by molar-refractivity contribution is -0.284. The first kappa shape index (κ1) is 26.5. The molecule has 1 aliphatic rings. The summed E-state index contributed by atoms with van der Waals surface area (Å²) in [4.78, 5) is 10.8. The van der Waals surface area contributed by atoms with E-state index in [4.69, 9.17) is 35.3 Å². The number of hydrogen-bond acceptors (Lipinski definition) is 6. The molecule has 4 rings (SSSR count). The molecule has 6 nitrogen and oxygen atoms in total.